The first-order chi connectivity index (χ1) is 16.2. The molecule has 3 N–H and O–H groups in total. The number of benzene rings is 1. The van der Waals surface area contributed by atoms with Crippen LogP contribution in [-0.2, 0) is 25.6 Å². The normalized spacial score (nSPS) is 26.5. The van der Waals surface area contributed by atoms with Crippen molar-refractivity contribution < 1.29 is 19.2 Å². The van der Waals surface area contributed by atoms with E-state index in [-0.39, 0.29) is 41.9 Å². The fraction of sp³-hybridized carbons (Fsp3) is 0.615. The summed E-state index contributed by atoms with van der Waals surface area (Å²) in [6, 6.07) is 6.43. The van der Waals surface area contributed by atoms with E-state index in [0.717, 1.165) is 5.56 Å². The van der Waals surface area contributed by atoms with E-state index in [1.165, 1.54) is 0 Å². The van der Waals surface area contributed by atoms with Crippen molar-refractivity contribution in [2.45, 2.75) is 84.0 Å². The fourth-order valence-electron chi connectivity index (χ4n) is 4.77. The molecule has 186 valence electrons. The van der Waals surface area contributed by atoms with Gasteiger partial charge in [0.1, 0.15) is 24.2 Å². The number of amides is 4. The number of nitrogens with zero attached hydrogens (tertiary/aromatic N) is 1. The first-order valence-corrected chi connectivity index (χ1v) is 12.4. The van der Waals surface area contributed by atoms with E-state index < -0.39 is 24.2 Å². The van der Waals surface area contributed by atoms with Crippen molar-refractivity contribution in [2.75, 3.05) is 6.54 Å². The molecular formula is C26H38N4O4. The van der Waals surface area contributed by atoms with Gasteiger partial charge in [-0.25, -0.2) is 0 Å². The van der Waals surface area contributed by atoms with Gasteiger partial charge in [0.15, 0.2) is 0 Å². The molecule has 0 aliphatic carbocycles. The van der Waals surface area contributed by atoms with Crippen molar-refractivity contribution in [2.24, 2.45) is 11.8 Å². The minimum atomic E-state index is -0.863. The van der Waals surface area contributed by atoms with Gasteiger partial charge in [0.05, 0.1) is 0 Å². The highest BCUT2D eigenvalue weighted by atomic mass is 16.2. The molecule has 8 heteroatoms. The van der Waals surface area contributed by atoms with E-state index >= 15 is 0 Å². The second-order valence-electron chi connectivity index (χ2n) is 10.3. The number of hydrogen-bond acceptors (Lipinski definition) is 4. The summed E-state index contributed by atoms with van der Waals surface area (Å²) < 4.78 is 0. The zero-order valence-corrected chi connectivity index (χ0v) is 20.7. The predicted molar refractivity (Wildman–Crippen MR) is 130 cm³/mol. The monoisotopic (exact) mass is 470 g/mol. The van der Waals surface area contributed by atoms with Crippen molar-refractivity contribution in [1.82, 2.24) is 20.9 Å². The maximum atomic E-state index is 13.5. The van der Waals surface area contributed by atoms with Gasteiger partial charge < -0.3 is 20.9 Å². The van der Waals surface area contributed by atoms with E-state index in [1.807, 2.05) is 58.0 Å². The molecule has 2 fully saturated rings. The molecule has 0 spiro atoms. The molecule has 2 heterocycles. The van der Waals surface area contributed by atoms with Crippen molar-refractivity contribution >= 4 is 23.6 Å². The number of hydrogen-bond donors (Lipinski definition) is 3. The summed E-state index contributed by atoms with van der Waals surface area (Å²) in [5, 5.41) is 8.67. The van der Waals surface area contributed by atoms with Gasteiger partial charge in [-0.05, 0) is 43.1 Å². The van der Waals surface area contributed by atoms with Crippen molar-refractivity contribution in [3.63, 3.8) is 0 Å². The largest absolute Gasteiger partial charge is 0.343 e. The molecule has 0 bridgehead atoms. The van der Waals surface area contributed by atoms with Gasteiger partial charge in [-0.3, -0.25) is 19.2 Å². The zero-order valence-electron chi connectivity index (χ0n) is 20.7. The lowest BCUT2D eigenvalue weighted by Gasteiger charge is -2.33. The molecule has 3 rings (SSSR count). The van der Waals surface area contributed by atoms with Gasteiger partial charge >= 0.3 is 0 Å². The lowest BCUT2D eigenvalue weighted by Crippen LogP contribution is -2.61. The molecule has 2 aliphatic heterocycles. The Balaban J connectivity index is 1.96. The highest BCUT2D eigenvalue weighted by Crippen LogP contribution is 2.22. The van der Waals surface area contributed by atoms with Gasteiger partial charge in [-0.2, -0.15) is 0 Å². The Morgan fingerprint density at radius 3 is 2.00 bits per heavy atom. The van der Waals surface area contributed by atoms with E-state index in [0.29, 0.717) is 32.2 Å². The van der Waals surface area contributed by atoms with Crippen LogP contribution in [-0.4, -0.2) is 59.2 Å². The highest BCUT2D eigenvalue weighted by Gasteiger charge is 2.40. The summed E-state index contributed by atoms with van der Waals surface area (Å²) in [5.41, 5.74) is 0.894. The quantitative estimate of drug-likeness (QED) is 0.589. The van der Waals surface area contributed by atoms with E-state index in [9.17, 15) is 19.2 Å². The molecule has 0 unspecified atom stereocenters. The SMILES string of the molecule is CC(C)C[C@@H]1NC(=O)[C@H]2CCCN2C(=O)[C@H](CC(C)C)NC(=O)[C@H](Cc2ccccc2)NC1=O. The van der Waals surface area contributed by atoms with Crippen LogP contribution in [0.2, 0.25) is 0 Å². The lowest BCUT2D eigenvalue weighted by atomic mass is 9.98. The minimum absolute atomic E-state index is 0.155. The Hall–Kier alpha value is -2.90. The molecule has 2 aliphatic rings. The van der Waals surface area contributed by atoms with Gasteiger partial charge in [0.2, 0.25) is 23.6 Å². The standard InChI is InChI=1S/C26H38N4O4/c1-16(2)13-19-23(31)27-20(15-18-9-6-5-7-10-18)24(32)29-21(14-17(3)4)26(34)30-12-8-11-22(30)25(33)28-19/h5-7,9-10,16-17,19-22H,8,11-15H2,1-4H3,(H,27,31)(H,28,33)(H,29,32)/t19-,20-,21-,22+/m0/s1. The molecular weight excluding hydrogens is 432 g/mol. The van der Waals surface area contributed by atoms with Crippen LogP contribution in [0.5, 0.6) is 0 Å². The molecule has 1 aromatic rings. The third-order valence-electron chi connectivity index (χ3n) is 6.42. The van der Waals surface area contributed by atoms with Crippen molar-refractivity contribution in [1.29, 1.82) is 0 Å². The summed E-state index contributed by atoms with van der Waals surface area (Å²) in [5.74, 6) is -0.985. The van der Waals surface area contributed by atoms with Crippen LogP contribution in [0.25, 0.3) is 0 Å². The number of nitrogens with one attached hydrogen (secondary N) is 3. The van der Waals surface area contributed by atoms with E-state index in [1.54, 1.807) is 4.90 Å². The Bertz CT molecular complexity index is 886. The van der Waals surface area contributed by atoms with Crippen LogP contribution in [0.15, 0.2) is 30.3 Å². The second kappa shape index (κ2) is 11.5. The Kier molecular flexibility index (Phi) is 8.69. The highest BCUT2D eigenvalue weighted by molar-refractivity contribution is 5.97. The lowest BCUT2D eigenvalue weighted by molar-refractivity contribution is -0.143. The summed E-state index contributed by atoms with van der Waals surface area (Å²) >= 11 is 0. The number of rotatable bonds is 6. The minimum Gasteiger partial charge on any atom is -0.343 e. The van der Waals surface area contributed by atoms with Gasteiger partial charge in [-0.15, -0.1) is 0 Å². The molecule has 4 amide bonds. The molecule has 1 aromatic carbocycles. The van der Waals surface area contributed by atoms with E-state index in [4.69, 9.17) is 0 Å². The topological polar surface area (TPSA) is 108 Å². The third-order valence-corrected chi connectivity index (χ3v) is 6.42. The van der Waals surface area contributed by atoms with Crippen LogP contribution >= 0.6 is 0 Å². The van der Waals surface area contributed by atoms with Crippen LogP contribution < -0.4 is 16.0 Å². The molecule has 34 heavy (non-hydrogen) atoms. The third kappa shape index (κ3) is 6.58. The molecule has 0 radical (unpaired) electrons. The van der Waals surface area contributed by atoms with Crippen LogP contribution in [0.4, 0.5) is 0 Å². The van der Waals surface area contributed by atoms with Gasteiger partial charge in [-0.1, -0.05) is 58.0 Å². The summed E-state index contributed by atoms with van der Waals surface area (Å²) in [7, 11) is 0. The molecule has 0 saturated carbocycles. The second-order valence-corrected chi connectivity index (χ2v) is 10.3. The Labute approximate surface area is 202 Å². The smallest absolute Gasteiger partial charge is 0.245 e. The first-order valence-electron chi connectivity index (χ1n) is 12.4. The van der Waals surface area contributed by atoms with Gasteiger partial charge in [0, 0.05) is 13.0 Å². The first kappa shape index (κ1) is 25.7. The molecule has 0 aromatic heterocycles. The predicted octanol–water partition coefficient (Wildman–Crippen LogP) is 1.78. The Morgan fingerprint density at radius 2 is 1.35 bits per heavy atom. The zero-order chi connectivity index (χ0) is 24.8. The van der Waals surface area contributed by atoms with Crippen LogP contribution in [0.1, 0.15) is 58.9 Å². The average molecular weight is 471 g/mol. The molecule has 8 nitrogen and oxygen atoms in total. The fourth-order valence-corrected chi connectivity index (χ4v) is 4.77. The Morgan fingerprint density at radius 1 is 0.794 bits per heavy atom. The number of fused-ring (bicyclic) bond motifs is 1. The summed E-state index contributed by atoms with van der Waals surface area (Å²) in [6.07, 6.45) is 2.44. The van der Waals surface area contributed by atoms with Crippen molar-refractivity contribution in [3.05, 3.63) is 35.9 Å². The molecule has 4 atom stereocenters. The van der Waals surface area contributed by atoms with Gasteiger partial charge in [0.25, 0.3) is 0 Å². The maximum Gasteiger partial charge on any atom is 0.245 e. The molecule has 2 saturated heterocycles. The number of carbonyl (C=O) groups excluding carboxylic acids is 4. The van der Waals surface area contributed by atoms with Crippen LogP contribution in [0.3, 0.4) is 0 Å². The number of carbonyl (C=O) groups is 4. The van der Waals surface area contributed by atoms with Crippen LogP contribution in [0, 0.1) is 11.8 Å². The van der Waals surface area contributed by atoms with E-state index in [2.05, 4.69) is 16.0 Å². The average Bonchev–Trinajstić information content (AvgIpc) is 3.26. The maximum absolute atomic E-state index is 13.5. The summed E-state index contributed by atoms with van der Waals surface area (Å²) in [6.45, 7) is 8.40. The van der Waals surface area contributed by atoms with Crippen molar-refractivity contribution in [3.8, 4) is 0 Å². The summed E-state index contributed by atoms with van der Waals surface area (Å²) in [4.78, 5) is 55.0.